The predicted molar refractivity (Wildman–Crippen MR) is 147 cm³/mol. The first-order valence-electron chi connectivity index (χ1n) is 12.1. The molecule has 0 saturated heterocycles. The number of aryl methyl sites for hydroxylation is 2. The van der Waals surface area contributed by atoms with Gasteiger partial charge in [-0.3, -0.25) is 4.79 Å². The van der Waals surface area contributed by atoms with Crippen molar-refractivity contribution in [1.82, 2.24) is 9.99 Å². The van der Waals surface area contributed by atoms with Crippen LogP contribution in [0.15, 0.2) is 70.2 Å². The third kappa shape index (κ3) is 6.39. The molecule has 198 valence electrons. The van der Waals surface area contributed by atoms with Crippen LogP contribution in [-0.2, 0) is 6.61 Å². The van der Waals surface area contributed by atoms with Crippen LogP contribution in [0.2, 0.25) is 5.02 Å². The first-order valence-corrected chi connectivity index (χ1v) is 12.5. The highest BCUT2D eigenvalue weighted by atomic mass is 35.5. The van der Waals surface area contributed by atoms with Crippen molar-refractivity contribution in [3.63, 3.8) is 0 Å². The van der Waals surface area contributed by atoms with Crippen LogP contribution in [0, 0.1) is 13.8 Å². The van der Waals surface area contributed by atoms with E-state index in [1.807, 2.05) is 38.1 Å². The normalized spacial score (nSPS) is 11.2. The van der Waals surface area contributed by atoms with Gasteiger partial charge in [0.2, 0.25) is 0 Å². The van der Waals surface area contributed by atoms with Crippen molar-refractivity contribution in [2.45, 2.75) is 40.4 Å². The van der Waals surface area contributed by atoms with Crippen LogP contribution in [0.5, 0.6) is 17.2 Å². The fourth-order valence-corrected chi connectivity index (χ4v) is 4.15. The van der Waals surface area contributed by atoms with E-state index in [9.17, 15) is 4.79 Å². The molecule has 4 rings (SSSR count). The summed E-state index contributed by atoms with van der Waals surface area (Å²) < 4.78 is 24.7. The fourth-order valence-electron chi connectivity index (χ4n) is 3.88. The molecule has 2 heterocycles. The maximum absolute atomic E-state index is 12.5. The zero-order valence-corrected chi connectivity index (χ0v) is 22.7. The number of ether oxygens (including phenoxy) is 3. The summed E-state index contributed by atoms with van der Waals surface area (Å²) in [6.07, 6.45) is 1.40. The molecule has 0 spiro atoms. The number of methoxy groups -OCH3 is 1. The number of halogens is 1. The molecule has 1 N–H and O–H groups in total. The molecule has 9 heteroatoms. The molecular weight excluding hydrogens is 506 g/mol. The second-order valence-corrected chi connectivity index (χ2v) is 9.31. The molecule has 2 aromatic carbocycles. The minimum Gasteiger partial charge on any atom is -0.493 e. The van der Waals surface area contributed by atoms with Gasteiger partial charge < -0.3 is 23.2 Å². The van der Waals surface area contributed by atoms with Gasteiger partial charge in [0.1, 0.15) is 18.1 Å². The van der Waals surface area contributed by atoms with E-state index in [1.54, 1.807) is 24.3 Å². The molecule has 0 aliphatic rings. The summed E-state index contributed by atoms with van der Waals surface area (Å²) in [6, 6.07) is 18.6. The van der Waals surface area contributed by atoms with Crippen LogP contribution in [0.25, 0.3) is 5.69 Å². The summed E-state index contributed by atoms with van der Waals surface area (Å²) in [4.78, 5) is 12.5. The molecular formula is C29H30ClN3O5. The zero-order chi connectivity index (χ0) is 27.2. The number of hydrogen-bond acceptors (Lipinski definition) is 6. The lowest BCUT2D eigenvalue weighted by atomic mass is 10.2. The molecule has 0 unspecified atom stereocenters. The smallest absolute Gasteiger partial charge is 0.307 e. The number of hydrogen-bond donors (Lipinski definition) is 1. The van der Waals surface area contributed by atoms with Crippen LogP contribution >= 0.6 is 11.6 Å². The highest BCUT2D eigenvalue weighted by Crippen LogP contribution is 2.36. The highest BCUT2D eigenvalue weighted by molar-refractivity contribution is 6.32. The van der Waals surface area contributed by atoms with Gasteiger partial charge in [0, 0.05) is 17.1 Å². The first-order chi connectivity index (χ1) is 18.2. The first kappa shape index (κ1) is 26.9. The number of aromatic nitrogens is 1. The Balaban J connectivity index is 1.32. The topological polar surface area (TPSA) is 87.2 Å². The van der Waals surface area contributed by atoms with E-state index in [0.29, 0.717) is 33.6 Å². The number of furan rings is 1. The number of carbonyl (C=O) groups is 1. The van der Waals surface area contributed by atoms with Crippen molar-refractivity contribution in [2.75, 3.05) is 7.11 Å². The lowest BCUT2D eigenvalue weighted by Crippen LogP contribution is -2.16. The monoisotopic (exact) mass is 535 g/mol. The van der Waals surface area contributed by atoms with Crippen LogP contribution in [0.3, 0.4) is 0 Å². The molecule has 1 amide bonds. The second-order valence-electron chi connectivity index (χ2n) is 8.90. The summed E-state index contributed by atoms with van der Waals surface area (Å²) in [6.45, 7) is 8.12. The van der Waals surface area contributed by atoms with Crippen molar-refractivity contribution in [1.29, 1.82) is 0 Å². The molecule has 8 nitrogen and oxygen atoms in total. The summed E-state index contributed by atoms with van der Waals surface area (Å²) in [7, 11) is 1.53. The van der Waals surface area contributed by atoms with Gasteiger partial charge in [0.05, 0.1) is 24.5 Å². The molecule has 4 aromatic rings. The van der Waals surface area contributed by atoms with Gasteiger partial charge in [-0.25, -0.2) is 5.43 Å². The number of benzene rings is 2. The summed E-state index contributed by atoms with van der Waals surface area (Å²) in [5, 5.41) is 4.38. The molecule has 0 saturated carbocycles. The van der Waals surface area contributed by atoms with E-state index in [-0.39, 0.29) is 18.5 Å². The molecule has 0 fully saturated rings. The Labute approximate surface area is 226 Å². The third-order valence-electron chi connectivity index (χ3n) is 5.62. The van der Waals surface area contributed by atoms with E-state index < -0.39 is 5.91 Å². The largest absolute Gasteiger partial charge is 0.493 e. The third-order valence-corrected chi connectivity index (χ3v) is 5.90. The predicted octanol–water partition coefficient (Wildman–Crippen LogP) is 6.48. The lowest BCUT2D eigenvalue weighted by molar-refractivity contribution is 0.0923. The van der Waals surface area contributed by atoms with Crippen LogP contribution in [-0.4, -0.2) is 29.9 Å². The molecule has 38 heavy (non-hydrogen) atoms. The Bertz CT molecular complexity index is 1420. The summed E-state index contributed by atoms with van der Waals surface area (Å²) in [5.74, 6) is 1.76. The van der Waals surface area contributed by atoms with E-state index in [0.717, 1.165) is 5.69 Å². The van der Waals surface area contributed by atoms with Gasteiger partial charge in [0.15, 0.2) is 17.3 Å². The van der Waals surface area contributed by atoms with E-state index in [4.69, 9.17) is 30.2 Å². The van der Waals surface area contributed by atoms with E-state index in [2.05, 4.69) is 41.1 Å². The number of amides is 1. The van der Waals surface area contributed by atoms with Crippen LogP contribution < -0.4 is 19.6 Å². The van der Waals surface area contributed by atoms with Gasteiger partial charge in [-0.15, -0.1) is 0 Å². The quantitative estimate of drug-likeness (QED) is 0.185. The fraction of sp³-hybridized carbons (Fsp3) is 0.241. The van der Waals surface area contributed by atoms with Gasteiger partial charge >= 0.3 is 5.91 Å². The molecule has 0 aliphatic carbocycles. The standard InChI is InChI=1S/C29H30ClN3O5/c1-18(2)37-28-25(30)14-21(15-27(28)35-5)16-31-32-29(34)26-13-12-24(38-26)17-36-23-10-8-22(9-11-23)33-19(3)6-7-20(33)4/h6-16,18H,17H2,1-5H3,(H,32,34)/b31-16+. The highest BCUT2D eigenvalue weighted by Gasteiger charge is 2.14. The van der Waals surface area contributed by atoms with Gasteiger partial charge in [-0.2, -0.15) is 5.10 Å². The van der Waals surface area contributed by atoms with Gasteiger partial charge in [-0.05, 0) is 93.9 Å². The zero-order valence-electron chi connectivity index (χ0n) is 21.9. The molecule has 0 radical (unpaired) electrons. The van der Waals surface area contributed by atoms with Crippen LogP contribution in [0.4, 0.5) is 0 Å². The summed E-state index contributed by atoms with van der Waals surface area (Å²) >= 11 is 6.33. The number of nitrogens with one attached hydrogen (secondary N) is 1. The molecule has 0 atom stereocenters. The van der Waals surface area contributed by atoms with Crippen molar-refractivity contribution in [3.05, 3.63) is 94.2 Å². The number of rotatable bonds is 10. The Hall–Kier alpha value is -4.17. The second kappa shape index (κ2) is 11.9. The van der Waals surface area contributed by atoms with Gasteiger partial charge in [0.25, 0.3) is 0 Å². The maximum atomic E-state index is 12.5. The molecule has 2 aromatic heterocycles. The van der Waals surface area contributed by atoms with Crippen molar-refractivity contribution >= 4 is 23.7 Å². The molecule has 0 aliphatic heterocycles. The minimum atomic E-state index is -0.493. The van der Waals surface area contributed by atoms with E-state index >= 15 is 0 Å². The van der Waals surface area contributed by atoms with E-state index in [1.165, 1.54) is 24.7 Å². The average molecular weight is 536 g/mol. The van der Waals surface area contributed by atoms with Crippen molar-refractivity contribution < 1.29 is 23.4 Å². The van der Waals surface area contributed by atoms with Crippen molar-refractivity contribution in [2.24, 2.45) is 5.10 Å². The Kier molecular flexibility index (Phi) is 8.43. The number of hydrazone groups is 1. The van der Waals surface area contributed by atoms with Gasteiger partial charge in [-0.1, -0.05) is 11.6 Å². The lowest BCUT2D eigenvalue weighted by Gasteiger charge is -2.15. The number of carbonyl (C=O) groups excluding carboxylic acids is 1. The summed E-state index contributed by atoms with van der Waals surface area (Å²) in [5.41, 5.74) is 6.47. The number of nitrogens with zero attached hydrogens (tertiary/aromatic N) is 2. The molecule has 0 bridgehead atoms. The Morgan fingerprint density at radius 2 is 1.79 bits per heavy atom. The Morgan fingerprint density at radius 3 is 2.45 bits per heavy atom. The average Bonchev–Trinajstić information content (AvgIpc) is 3.50. The Morgan fingerprint density at radius 1 is 1.08 bits per heavy atom. The van der Waals surface area contributed by atoms with Crippen LogP contribution in [0.1, 0.15) is 47.1 Å². The minimum absolute atomic E-state index is 0.0619. The maximum Gasteiger partial charge on any atom is 0.307 e. The van der Waals surface area contributed by atoms with Crippen molar-refractivity contribution in [3.8, 4) is 22.9 Å². The SMILES string of the molecule is COc1cc(/C=N/NC(=O)c2ccc(COc3ccc(-n4c(C)ccc4C)cc3)o2)cc(Cl)c1OC(C)C.